The first-order chi connectivity index (χ1) is 6.84. The number of para-hydroxylation sites is 1. The zero-order valence-electron chi connectivity index (χ0n) is 8.87. The van der Waals surface area contributed by atoms with Crippen LogP contribution in [0.5, 0.6) is 0 Å². The van der Waals surface area contributed by atoms with Gasteiger partial charge in [-0.1, -0.05) is 25.1 Å². The molecule has 0 radical (unpaired) electrons. The second-order valence-corrected chi connectivity index (χ2v) is 4.47. The summed E-state index contributed by atoms with van der Waals surface area (Å²) in [5, 5.41) is 3.60. The second-order valence-electron chi connectivity index (χ2n) is 4.47. The van der Waals surface area contributed by atoms with E-state index in [4.69, 9.17) is 0 Å². The van der Waals surface area contributed by atoms with Crippen molar-refractivity contribution in [3.63, 3.8) is 0 Å². The normalized spacial score (nSPS) is 27.2. The molecule has 1 heteroatoms. The van der Waals surface area contributed by atoms with E-state index in [1.165, 1.54) is 31.4 Å². The van der Waals surface area contributed by atoms with Crippen LogP contribution in [0.15, 0.2) is 30.3 Å². The van der Waals surface area contributed by atoms with Crippen molar-refractivity contribution in [1.82, 2.24) is 0 Å². The fourth-order valence-electron chi connectivity index (χ4n) is 2.17. The van der Waals surface area contributed by atoms with Crippen molar-refractivity contribution >= 4 is 5.69 Å². The Hall–Kier alpha value is -0.980. The van der Waals surface area contributed by atoms with Crippen molar-refractivity contribution in [2.45, 2.75) is 38.6 Å². The molecular weight excluding hydrogens is 170 g/mol. The number of nitrogens with one attached hydrogen (secondary N) is 1. The highest BCUT2D eigenvalue weighted by atomic mass is 14.9. The third-order valence-corrected chi connectivity index (χ3v) is 3.16. The molecule has 1 aromatic carbocycles. The Balaban J connectivity index is 1.87. The quantitative estimate of drug-likeness (QED) is 0.748. The first kappa shape index (κ1) is 9.57. The van der Waals surface area contributed by atoms with Gasteiger partial charge in [0.2, 0.25) is 0 Å². The van der Waals surface area contributed by atoms with Crippen LogP contribution in [-0.2, 0) is 0 Å². The van der Waals surface area contributed by atoms with E-state index >= 15 is 0 Å². The molecule has 0 aliphatic heterocycles. The van der Waals surface area contributed by atoms with Crippen LogP contribution in [0.1, 0.15) is 32.6 Å². The van der Waals surface area contributed by atoms with Gasteiger partial charge in [-0.05, 0) is 43.7 Å². The number of hydrogen-bond acceptors (Lipinski definition) is 1. The summed E-state index contributed by atoms with van der Waals surface area (Å²) in [7, 11) is 0. The van der Waals surface area contributed by atoms with Crippen molar-refractivity contribution in [2.75, 3.05) is 5.32 Å². The van der Waals surface area contributed by atoms with E-state index in [0.29, 0.717) is 6.04 Å². The highest BCUT2D eigenvalue weighted by Gasteiger charge is 2.17. The van der Waals surface area contributed by atoms with Gasteiger partial charge >= 0.3 is 0 Å². The maximum atomic E-state index is 3.60. The molecule has 1 saturated carbocycles. The van der Waals surface area contributed by atoms with Crippen molar-refractivity contribution in [3.8, 4) is 0 Å². The van der Waals surface area contributed by atoms with Gasteiger partial charge < -0.3 is 5.32 Å². The Labute approximate surface area is 86.5 Å². The van der Waals surface area contributed by atoms with E-state index in [2.05, 4.69) is 42.6 Å². The summed E-state index contributed by atoms with van der Waals surface area (Å²) in [5.74, 6) is 0.934. The van der Waals surface area contributed by atoms with E-state index in [0.717, 1.165) is 5.92 Å². The van der Waals surface area contributed by atoms with Crippen molar-refractivity contribution in [2.24, 2.45) is 5.92 Å². The molecule has 0 aromatic heterocycles. The predicted octanol–water partition coefficient (Wildman–Crippen LogP) is 3.68. The number of rotatable bonds is 2. The first-order valence-electron chi connectivity index (χ1n) is 5.66. The smallest absolute Gasteiger partial charge is 0.0342 e. The van der Waals surface area contributed by atoms with Crippen LogP contribution in [-0.4, -0.2) is 6.04 Å². The van der Waals surface area contributed by atoms with E-state index in [-0.39, 0.29) is 0 Å². The standard InChI is InChI=1S/C13H19N/c1-11-7-9-13(10-8-11)14-12-5-3-2-4-6-12/h2-6,11,13-14H,7-10H2,1H3/t11-,13+. The summed E-state index contributed by atoms with van der Waals surface area (Å²) in [6.45, 7) is 2.36. The summed E-state index contributed by atoms with van der Waals surface area (Å²) in [6, 6.07) is 11.2. The molecule has 1 aliphatic carbocycles. The Morgan fingerprint density at radius 3 is 2.29 bits per heavy atom. The van der Waals surface area contributed by atoms with Crippen LogP contribution < -0.4 is 5.32 Å². The van der Waals surface area contributed by atoms with Gasteiger partial charge in [0.1, 0.15) is 0 Å². The maximum Gasteiger partial charge on any atom is 0.0342 e. The summed E-state index contributed by atoms with van der Waals surface area (Å²) in [5.41, 5.74) is 1.27. The number of hydrogen-bond donors (Lipinski definition) is 1. The van der Waals surface area contributed by atoms with E-state index in [1.54, 1.807) is 0 Å². The van der Waals surface area contributed by atoms with Gasteiger partial charge in [0.15, 0.2) is 0 Å². The molecular formula is C13H19N. The molecule has 1 aliphatic rings. The van der Waals surface area contributed by atoms with Crippen LogP contribution in [0, 0.1) is 5.92 Å². The van der Waals surface area contributed by atoms with Crippen molar-refractivity contribution < 1.29 is 0 Å². The van der Waals surface area contributed by atoms with Gasteiger partial charge in [-0.3, -0.25) is 0 Å². The molecule has 0 spiro atoms. The van der Waals surface area contributed by atoms with Gasteiger partial charge in [0.25, 0.3) is 0 Å². The molecule has 0 heterocycles. The molecule has 0 bridgehead atoms. The van der Waals surface area contributed by atoms with Crippen molar-refractivity contribution in [3.05, 3.63) is 30.3 Å². The average molecular weight is 189 g/mol. The predicted molar refractivity (Wildman–Crippen MR) is 61.5 cm³/mol. The molecule has 1 N–H and O–H groups in total. The lowest BCUT2D eigenvalue weighted by Crippen LogP contribution is -2.25. The summed E-state index contributed by atoms with van der Waals surface area (Å²) < 4.78 is 0. The van der Waals surface area contributed by atoms with Crippen LogP contribution in [0.3, 0.4) is 0 Å². The summed E-state index contributed by atoms with van der Waals surface area (Å²) in [4.78, 5) is 0. The molecule has 1 nitrogen and oxygen atoms in total. The van der Waals surface area contributed by atoms with Crippen LogP contribution in [0.2, 0.25) is 0 Å². The molecule has 14 heavy (non-hydrogen) atoms. The van der Waals surface area contributed by atoms with Crippen LogP contribution in [0.25, 0.3) is 0 Å². The molecule has 0 unspecified atom stereocenters. The topological polar surface area (TPSA) is 12.0 Å². The van der Waals surface area contributed by atoms with Crippen molar-refractivity contribution in [1.29, 1.82) is 0 Å². The Morgan fingerprint density at radius 2 is 1.64 bits per heavy atom. The largest absolute Gasteiger partial charge is 0.382 e. The van der Waals surface area contributed by atoms with Crippen LogP contribution in [0.4, 0.5) is 5.69 Å². The molecule has 0 saturated heterocycles. The fourth-order valence-corrected chi connectivity index (χ4v) is 2.17. The Bertz CT molecular complexity index is 260. The van der Waals surface area contributed by atoms with Crippen LogP contribution >= 0.6 is 0 Å². The average Bonchev–Trinajstić information content (AvgIpc) is 2.23. The van der Waals surface area contributed by atoms with Gasteiger partial charge in [-0.2, -0.15) is 0 Å². The third-order valence-electron chi connectivity index (χ3n) is 3.16. The number of benzene rings is 1. The van der Waals surface area contributed by atoms with Gasteiger partial charge in [-0.15, -0.1) is 0 Å². The molecule has 76 valence electrons. The van der Waals surface area contributed by atoms with E-state index in [9.17, 15) is 0 Å². The fraction of sp³-hybridized carbons (Fsp3) is 0.538. The van der Waals surface area contributed by atoms with Gasteiger partial charge in [-0.25, -0.2) is 0 Å². The molecule has 0 amide bonds. The Kier molecular flexibility index (Phi) is 3.07. The second kappa shape index (κ2) is 4.50. The van der Waals surface area contributed by atoms with E-state index in [1.807, 2.05) is 0 Å². The van der Waals surface area contributed by atoms with Gasteiger partial charge in [0.05, 0.1) is 0 Å². The highest BCUT2D eigenvalue weighted by molar-refractivity contribution is 5.43. The molecule has 1 fully saturated rings. The van der Waals surface area contributed by atoms with Gasteiger partial charge in [0, 0.05) is 11.7 Å². The third kappa shape index (κ3) is 2.50. The lowest BCUT2D eigenvalue weighted by Gasteiger charge is -2.27. The number of anilines is 1. The monoisotopic (exact) mass is 189 g/mol. The lowest BCUT2D eigenvalue weighted by molar-refractivity contribution is 0.361. The minimum Gasteiger partial charge on any atom is -0.382 e. The molecule has 1 aromatic rings. The molecule has 2 rings (SSSR count). The highest BCUT2D eigenvalue weighted by Crippen LogP contribution is 2.25. The lowest BCUT2D eigenvalue weighted by atomic mass is 9.87. The maximum absolute atomic E-state index is 3.60. The minimum absolute atomic E-state index is 0.702. The zero-order chi connectivity index (χ0) is 9.80. The summed E-state index contributed by atoms with van der Waals surface area (Å²) in [6.07, 6.45) is 5.42. The molecule has 0 atom stereocenters. The van der Waals surface area contributed by atoms with E-state index < -0.39 is 0 Å². The minimum atomic E-state index is 0.702. The SMILES string of the molecule is C[C@H]1CC[C@@H](Nc2ccccc2)CC1. The zero-order valence-corrected chi connectivity index (χ0v) is 8.87. The first-order valence-corrected chi connectivity index (χ1v) is 5.66. The summed E-state index contributed by atoms with van der Waals surface area (Å²) >= 11 is 0. The Morgan fingerprint density at radius 1 is 1.00 bits per heavy atom.